The van der Waals surface area contributed by atoms with Gasteiger partial charge in [-0.05, 0) is 48.5 Å². The lowest BCUT2D eigenvalue weighted by Gasteiger charge is -2.18. The molecule has 3 rings (SSSR count). The minimum Gasteiger partial charge on any atom is -0.329 e. The topological polar surface area (TPSA) is 45.2 Å². The second kappa shape index (κ2) is 7.15. The molecule has 1 N–H and O–H groups in total. The molecule has 0 unspecified atom stereocenters. The molecule has 1 amide bonds. The summed E-state index contributed by atoms with van der Waals surface area (Å²) in [6.45, 7) is 0. The number of hydrogen-bond donors (Lipinski definition) is 1. The fraction of sp³-hybridized carbons (Fsp3) is 0.0526. The van der Waals surface area contributed by atoms with E-state index in [0.29, 0.717) is 16.3 Å². The van der Waals surface area contributed by atoms with E-state index in [2.05, 4.69) is 10.3 Å². The number of rotatable bonds is 4. The van der Waals surface area contributed by atoms with E-state index in [4.69, 9.17) is 11.6 Å². The first-order valence-corrected chi connectivity index (χ1v) is 7.83. The van der Waals surface area contributed by atoms with Crippen molar-refractivity contribution in [3.8, 4) is 0 Å². The fourth-order valence-corrected chi connectivity index (χ4v) is 2.37. The highest BCUT2D eigenvalue weighted by Gasteiger charge is 2.08. The summed E-state index contributed by atoms with van der Waals surface area (Å²) in [5, 5.41) is 3.42. The molecule has 120 valence electrons. The van der Waals surface area contributed by atoms with Gasteiger partial charge < -0.3 is 10.2 Å². The smallest absolute Gasteiger partial charge is 0.255 e. The van der Waals surface area contributed by atoms with Crippen molar-refractivity contribution in [3.63, 3.8) is 0 Å². The first kappa shape index (κ1) is 16.0. The van der Waals surface area contributed by atoms with Crippen LogP contribution in [0.2, 0.25) is 5.02 Å². The largest absolute Gasteiger partial charge is 0.329 e. The van der Waals surface area contributed by atoms with Crippen LogP contribution in [0.15, 0.2) is 72.9 Å². The number of aromatic nitrogens is 1. The van der Waals surface area contributed by atoms with Gasteiger partial charge in [0.1, 0.15) is 5.82 Å². The van der Waals surface area contributed by atoms with Gasteiger partial charge in [0.05, 0.1) is 11.9 Å². The van der Waals surface area contributed by atoms with Gasteiger partial charge in [-0.25, -0.2) is 4.98 Å². The van der Waals surface area contributed by atoms with Gasteiger partial charge in [-0.1, -0.05) is 29.8 Å². The zero-order chi connectivity index (χ0) is 16.9. The molecule has 0 fully saturated rings. The summed E-state index contributed by atoms with van der Waals surface area (Å²) in [5.74, 6) is 0.600. The van der Waals surface area contributed by atoms with Crippen LogP contribution in [-0.4, -0.2) is 17.9 Å². The van der Waals surface area contributed by atoms with Crippen molar-refractivity contribution in [3.05, 3.63) is 83.5 Å². The zero-order valence-corrected chi connectivity index (χ0v) is 13.9. The summed E-state index contributed by atoms with van der Waals surface area (Å²) in [7, 11) is 1.95. The Morgan fingerprint density at radius 2 is 1.71 bits per heavy atom. The van der Waals surface area contributed by atoms with E-state index >= 15 is 0 Å². The number of amides is 1. The van der Waals surface area contributed by atoms with E-state index in [9.17, 15) is 4.79 Å². The average molecular weight is 338 g/mol. The van der Waals surface area contributed by atoms with Crippen molar-refractivity contribution in [1.82, 2.24) is 4.98 Å². The molecular weight excluding hydrogens is 322 g/mol. The van der Waals surface area contributed by atoms with Gasteiger partial charge >= 0.3 is 0 Å². The lowest BCUT2D eigenvalue weighted by Crippen LogP contribution is -2.13. The summed E-state index contributed by atoms with van der Waals surface area (Å²) < 4.78 is 0. The molecule has 0 aliphatic carbocycles. The molecule has 4 nitrogen and oxygen atoms in total. The third kappa shape index (κ3) is 3.73. The second-order valence-corrected chi connectivity index (χ2v) is 5.70. The van der Waals surface area contributed by atoms with Gasteiger partial charge in [0, 0.05) is 23.3 Å². The molecule has 24 heavy (non-hydrogen) atoms. The highest BCUT2D eigenvalue weighted by Crippen LogP contribution is 2.22. The van der Waals surface area contributed by atoms with E-state index in [1.807, 2.05) is 54.4 Å². The maximum Gasteiger partial charge on any atom is 0.255 e. The molecule has 0 radical (unpaired) electrons. The Bertz CT molecular complexity index is 817. The number of carbonyl (C=O) groups is 1. The van der Waals surface area contributed by atoms with Crippen molar-refractivity contribution in [2.24, 2.45) is 0 Å². The van der Waals surface area contributed by atoms with Crippen LogP contribution in [0.5, 0.6) is 0 Å². The monoisotopic (exact) mass is 337 g/mol. The number of carbonyl (C=O) groups excluding carboxylic acids is 1. The van der Waals surface area contributed by atoms with Gasteiger partial charge in [-0.3, -0.25) is 4.79 Å². The summed E-state index contributed by atoms with van der Waals surface area (Å²) >= 11 is 5.83. The number of nitrogens with zero attached hydrogens (tertiary/aromatic N) is 2. The van der Waals surface area contributed by atoms with Gasteiger partial charge in [0.2, 0.25) is 0 Å². The predicted octanol–water partition coefficient (Wildman–Crippen LogP) is 4.76. The molecule has 5 heteroatoms. The van der Waals surface area contributed by atoms with Crippen molar-refractivity contribution in [1.29, 1.82) is 0 Å². The highest BCUT2D eigenvalue weighted by molar-refractivity contribution is 6.30. The van der Waals surface area contributed by atoms with Crippen LogP contribution in [0.1, 0.15) is 10.4 Å². The molecule has 3 aromatic rings. The van der Waals surface area contributed by atoms with Crippen LogP contribution in [-0.2, 0) is 0 Å². The van der Waals surface area contributed by atoms with Crippen LogP contribution >= 0.6 is 11.6 Å². The van der Waals surface area contributed by atoms with Crippen molar-refractivity contribution in [2.75, 3.05) is 17.3 Å². The molecule has 0 saturated heterocycles. The maximum absolute atomic E-state index is 12.2. The van der Waals surface area contributed by atoms with Gasteiger partial charge in [0.25, 0.3) is 5.91 Å². The number of pyridine rings is 1. The Hall–Kier alpha value is -2.85. The summed E-state index contributed by atoms with van der Waals surface area (Å²) in [4.78, 5) is 18.6. The van der Waals surface area contributed by atoms with E-state index in [0.717, 1.165) is 11.5 Å². The number of benzene rings is 2. The van der Waals surface area contributed by atoms with Crippen LogP contribution < -0.4 is 10.2 Å². The molecule has 1 aromatic heterocycles. The molecular formula is C19H16ClN3O. The number of hydrogen-bond acceptors (Lipinski definition) is 3. The number of nitrogens with one attached hydrogen (secondary N) is 1. The molecule has 2 aromatic carbocycles. The van der Waals surface area contributed by atoms with E-state index < -0.39 is 0 Å². The minimum absolute atomic E-state index is 0.197. The molecule has 0 atom stereocenters. The second-order valence-electron chi connectivity index (χ2n) is 5.26. The Kier molecular flexibility index (Phi) is 4.77. The first-order chi connectivity index (χ1) is 11.6. The van der Waals surface area contributed by atoms with E-state index in [1.54, 1.807) is 30.5 Å². The Labute approximate surface area is 145 Å². The maximum atomic E-state index is 12.2. The van der Waals surface area contributed by atoms with Gasteiger partial charge in [-0.15, -0.1) is 0 Å². The van der Waals surface area contributed by atoms with E-state index in [1.165, 1.54) is 0 Å². The van der Waals surface area contributed by atoms with Crippen LogP contribution in [0, 0.1) is 0 Å². The lowest BCUT2D eigenvalue weighted by molar-refractivity contribution is 0.102. The SMILES string of the molecule is CN(c1ccccc1)c1ccc(NC(=O)c2ccc(Cl)cc2)cn1. The lowest BCUT2D eigenvalue weighted by atomic mass is 10.2. The summed E-state index contributed by atoms with van der Waals surface area (Å²) in [5.41, 5.74) is 2.23. The Balaban J connectivity index is 1.70. The summed E-state index contributed by atoms with van der Waals surface area (Å²) in [6, 6.07) is 20.4. The molecule has 0 bridgehead atoms. The molecule has 0 aliphatic rings. The van der Waals surface area contributed by atoms with Crippen LogP contribution in [0.4, 0.5) is 17.2 Å². The Morgan fingerprint density at radius 1 is 1.00 bits per heavy atom. The van der Waals surface area contributed by atoms with E-state index in [-0.39, 0.29) is 5.91 Å². The standard InChI is InChI=1S/C19H16ClN3O/c1-23(17-5-3-2-4-6-17)18-12-11-16(13-21-18)22-19(24)14-7-9-15(20)10-8-14/h2-13H,1H3,(H,22,24). The Morgan fingerprint density at radius 3 is 2.33 bits per heavy atom. The summed E-state index contributed by atoms with van der Waals surface area (Å²) in [6.07, 6.45) is 1.64. The quantitative estimate of drug-likeness (QED) is 0.746. The van der Waals surface area contributed by atoms with Gasteiger partial charge in [-0.2, -0.15) is 0 Å². The molecule has 1 heterocycles. The van der Waals surface area contributed by atoms with Crippen LogP contribution in [0.25, 0.3) is 0 Å². The molecule has 0 saturated carbocycles. The minimum atomic E-state index is -0.197. The van der Waals surface area contributed by atoms with Gasteiger partial charge in [0.15, 0.2) is 0 Å². The molecule has 0 spiro atoms. The van der Waals surface area contributed by atoms with Crippen molar-refractivity contribution < 1.29 is 4.79 Å². The van der Waals surface area contributed by atoms with Crippen molar-refractivity contribution in [2.45, 2.75) is 0 Å². The average Bonchev–Trinajstić information content (AvgIpc) is 2.63. The third-order valence-corrected chi connectivity index (χ3v) is 3.85. The first-order valence-electron chi connectivity index (χ1n) is 7.45. The van der Waals surface area contributed by atoms with Crippen molar-refractivity contribution >= 4 is 34.7 Å². The normalized spacial score (nSPS) is 10.2. The van der Waals surface area contributed by atoms with Crippen LogP contribution in [0.3, 0.4) is 0 Å². The third-order valence-electron chi connectivity index (χ3n) is 3.60. The number of para-hydroxylation sites is 1. The fourth-order valence-electron chi connectivity index (χ4n) is 2.25. The zero-order valence-electron chi connectivity index (χ0n) is 13.1. The molecule has 0 aliphatic heterocycles. The highest BCUT2D eigenvalue weighted by atomic mass is 35.5. The number of anilines is 3. The number of halogens is 1. The predicted molar refractivity (Wildman–Crippen MR) is 98.1 cm³/mol.